The van der Waals surface area contributed by atoms with Crippen LogP contribution in [0.5, 0.6) is 0 Å². The molecule has 5 heteroatoms. The molecule has 1 fully saturated rings. The van der Waals surface area contributed by atoms with Crippen molar-refractivity contribution in [3.63, 3.8) is 0 Å². The van der Waals surface area contributed by atoms with E-state index in [-0.39, 0.29) is 5.91 Å². The average molecular weight is 443 g/mol. The first-order valence-electron chi connectivity index (χ1n) is 12.0. The van der Waals surface area contributed by atoms with Gasteiger partial charge in [-0.15, -0.1) is 0 Å². The number of unbranched alkanes of at least 4 members (excludes halogenated alkanes) is 1. The zero-order chi connectivity index (χ0) is 23.2. The number of hydrazone groups is 1. The smallest absolute Gasteiger partial charge is 0.271 e. The summed E-state index contributed by atoms with van der Waals surface area (Å²) in [6, 6.07) is 18.7. The van der Waals surface area contributed by atoms with Crippen molar-refractivity contribution >= 4 is 17.8 Å². The molecule has 0 unspecified atom stereocenters. The van der Waals surface area contributed by atoms with Gasteiger partial charge in [-0.05, 0) is 87.6 Å². The maximum Gasteiger partial charge on any atom is 0.271 e. The largest absolute Gasteiger partial charge is 0.372 e. The van der Waals surface area contributed by atoms with Gasteiger partial charge in [0.2, 0.25) is 0 Å². The molecular formula is C28H34N4O. The minimum Gasteiger partial charge on any atom is -0.372 e. The van der Waals surface area contributed by atoms with E-state index < -0.39 is 0 Å². The zero-order valence-corrected chi connectivity index (χ0v) is 20.0. The number of anilines is 1. The van der Waals surface area contributed by atoms with Crippen LogP contribution in [0.25, 0.3) is 5.69 Å². The summed E-state index contributed by atoms with van der Waals surface area (Å²) in [7, 11) is 0. The van der Waals surface area contributed by atoms with Gasteiger partial charge in [-0.1, -0.05) is 25.5 Å². The van der Waals surface area contributed by atoms with Crippen LogP contribution in [-0.4, -0.2) is 29.8 Å². The SMILES string of the molecule is CCCCc1ccc(-n2c(C)cc(/C=N\NC(=O)c3ccc(N4CCCC4)cc3)c2C)cc1. The van der Waals surface area contributed by atoms with E-state index in [4.69, 9.17) is 0 Å². The molecule has 1 aromatic heterocycles. The third-order valence-electron chi connectivity index (χ3n) is 6.45. The topological polar surface area (TPSA) is 49.6 Å². The third-order valence-corrected chi connectivity index (χ3v) is 6.45. The number of aromatic nitrogens is 1. The van der Waals surface area contributed by atoms with E-state index >= 15 is 0 Å². The molecule has 1 amide bonds. The molecule has 2 heterocycles. The molecule has 0 atom stereocenters. The number of benzene rings is 2. The van der Waals surface area contributed by atoms with Gasteiger partial charge in [-0.25, -0.2) is 5.43 Å². The summed E-state index contributed by atoms with van der Waals surface area (Å²) in [5, 5.41) is 4.23. The Labute approximate surface area is 197 Å². The lowest BCUT2D eigenvalue weighted by Crippen LogP contribution is -2.19. The van der Waals surface area contributed by atoms with Gasteiger partial charge in [0.1, 0.15) is 0 Å². The Hall–Kier alpha value is -3.34. The van der Waals surface area contributed by atoms with Gasteiger partial charge in [0, 0.05) is 47.0 Å². The molecule has 0 spiro atoms. The number of carbonyl (C=O) groups excluding carboxylic acids is 1. The molecule has 0 radical (unpaired) electrons. The van der Waals surface area contributed by atoms with Crippen molar-refractivity contribution in [1.82, 2.24) is 9.99 Å². The van der Waals surface area contributed by atoms with Crippen LogP contribution in [0.4, 0.5) is 5.69 Å². The fraction of sp³-hybridized carbons (Fsp3) is 0.357. The lowest BCUT2D eigenvalue weighted by Gasteiger charge is -2.17. The monoisotopic (exact) mass is 442 g/mol. The van der Waals surface area contributed by atoms with Crippen LogP contribution < -0.4 is 10.3 Å². The van der Waals surface area contributed by atoms with Gasteiger partial charge in [-0.2, -0.15) is 5.10 Å². The molecule has 3 aromatic rings. The van der Waals surface area contributed by atoms with Crippen LogP contribution in [0.15, 0.2) is 59.7 Å². The molecule has 2 aromatic carbocycles. The Balaban J connectivity index is 1.40. The molecule has 1 saturated heterocycles. The maximum absolute atomic E-state index is 12.5. The van der Waals surface area contributed by atoms with Crippen molar-refractivity contribution in [3.05, 3.63) is 82.7 Å². The highest BCUT2D eigenvalue weighted by molar-refractivity contribution is 5.95. The van der Waals surface area contributed by atoms with Crippen molar-refractivity contribution in [2.75, 3.05) is 18.0 Å². The average Bonchev–Trinajstić information content (AvgIpc) is 3.47. The molecule has 1 aliphatic rings. The molecule has 0 aliphatic carbocycles. The van der Waals surface area contributed by atoms with Gasteiger partial charge in [-0.3, -0.25) is 4.79 Å². The summed E-state index contributed by atoms with van der Waals surface area (Å²) in [6.07, 6.45) is 7.75. The van der Waals surface area contributed by atoms with Crippen molar-refractivity contribution < 1.29 is 4.79 Å². The third kappa shape index (κ3) is 5.36. The molecule has 0 bridgehead atoms. The fourth-order valence-corrected chi connectivity index (χ4v) is 4.53. The lowest BCUT2D eigenvalue weighted by molar-refractivity contribution is 0.0955. The van der Waals surface area contributed by atoms with E-state index in [0.29, 0.717) is 5.56 Å². The first-order chi connectivity index (χ1) is 16.1. The van der Waals surface area contributed by atoms with Crippen molar-refractivity contribution in [2.24, 2.45) is 5.10 Å². The molecular weight excluding hydrogens is 408 g/mol. The second-order valence-electron chi connectivity index (χ2n) is 8.87. The van der Waals surface area contributed by atoms with Crippen LogP contribution in [0, 0.1) is 13.8 Å². The molecule has 1 N–H and O–H groups in total. The maximum atomic E-state index is 12.5. The first kappa shape index (κ1) is 22.8. The predicted molar refractivity (Wildman–Crippen MR) is 137 cm³/mol. The molecule has 172 valence electrons. The van der Waals surface area contributed by atoms with Gasteiger partial charge in [0.25, 0.3) is 5.91 Å². The Bertz CT molecular complexity index is 1100. The van der Waals surface area contributed by atoms with E-state index in [1.807, 2.05) is 24.3 Å². The van der Waals surface area contributed by atoms with E-state index in [2.05, 4.69) is 71.1 Å². The summed E-state index contributed by atoms with van der Waals surface area (Å²) in [5.74, 6) is -0.198. The standard InChI is InChI=1S/C28H34N4O/c1-4-5-8-23-9-13-27(14-10-23)32-21(2)19-25(22(32)3)20-29-30-28(33)24-11-15-26(16-12-24)31-17-6-7-18-31/h9-16,19-20H,4-8,17-18H2,1-3H3,(H,30,33)/b29-20-. The predicted octanol–water partition coefficient (Wildman–Crippen LogP) is 5.80. The molecule has 1 aliphatic heterocycles. The van der Waals surface area contributed by atoms with Crippen LogP contribution in [0.2, 0.25) is 0 Å². The van der Waals surface area contributed by atoms with Gasteiger partial charge in [0.05, 0.1) is 6.21 Å². The number of amides is 1. The van der Waals surface area contributed by atoms with E-state index in [9.17, 15) is 4.79 Å². The Morgan fingerprint density at radius 1 is 1.00 bits per heavy atom. The number of rotatable bonds is 8. The van der Waals surface area contributed by atoms with Crippen molar-refractivity contribution in [2.45, 2.75) is 52.9 Å². The molecule has 5 nitrogen and oxygen atoms in total. The Morgan fingerprint density at radius 3 is 2.33 bits per heavy atom. The summed E-state index contributed by atoms with van der Waals surface area (Å²) in [4.78, 5) is 14.9. The minimum absolute atomic E-state index is 0.198. The van der Waals surface area contributed by atoms with E-state index in [1.54, 1.807) is 6.21 Å². The number of hydrogen-bond acceptors (Lipinski definition) is 3. The van der Waals surface area contributed by atoms with Gasteiger partial charge < -0.3 is 9.47 Å². The highest BCUT2D eigenvalue weighted by Gasteiger charge is 2.13. The van der Waals surface area contributed by atoms with Crippen LogP contribution in [0.3, 0.4) is 0 Å². The summed E-state index contributed by atoms with van der Waals surface area (Å²) < 4.78 is 2.23. The Kier molecular flexibility index (Phi) is 7.28. The zero-order valence-electron chi connectivity index (χ0n) is 20.0. The van der Waals surface area contributed by atoms with Crippen LogP contribution in [0.1, 0.15) is 65.5 Å². The second kappa shape index (κ2) is 10.5. The normalized spacial score (nSPS) is 13.7. The van der Waals surface area contributed by atoms with E-state index in [0.717, 1.165) is 42.1 Å². The first-order valence-corrected chi connectivity index (χ1v) is 12.0. The highest BCUT2D eigenvalue weighted by Crippen LogP contribution is 2.22. The summed E-state index contributed by atoms with van der Waals surface area (Å²) in [6.45, 7) is 8.58. The number of nitrogens with zero attached hydrogens (tertiary/aromatic N) is 3. The van der Waals surface area contributed by atoms with Gasteiger partial charge >= 0.3 is 0 Å². The highest BCUT2D eigenvalue weighted by atomic mass is 16.2. The molecule has 4 rings (SSSR count). The number of hydrogen-bond donors (Lipinski definition) is 1. The number of carbonyl (C=O) groups is 1. The molecule has 0 saturated carbocycles. The lowest BCUT2D eigenvalue weighted by atomic mass is 10.1. The number of aryl methyl sites for hydroxylation is 2. The van der Waals surface area contributed by atoms with Crippen molar-refractivity contribution in [3.8, 4) is 5.69 Å². The van der Waals surface area contributed by atoms with Crippen LogP contribution >= 0.6 is 0 Å². The minimum atomic E-state index is -0.198. The quantitative estimate of drug-likeness (QED) is 0.354. The number of nitrogens with one attached hydrogen (secondary N) is 1. The summed E-state index contributed by atoms with van der Waals surface area (Å²) >= 11 is 0. The fourth-order valence-electron chi connectivity index (χ4n) is 4.53. The molecule has 33 heavy (non-hydrogen) atoms. The van der Waals surface area contributed by atoms with Crippen LogP contribution in [-0.2, 0) is 6.42 Å². The summed E-state index contributed by atoms with van der Waals surface area (Å²) in [5.41, 5.74) is 10.2. The van der Waals surface area contributed by atoms with E-state index in [1.165, 1.54) is 36.9 Å². The van der Waals surface area contributed by atoms with Crippen molar-refractivity contribution in [1.29, 1.82) is 0 Å². The second-order valence-corrected chi connectivity index (χ2v) is 8.87. The Morgan fingerprint density at radius 2 is 1.67 bits per heavy atom. The van der Waals surface area contributed by atoms with Gasteiger partial charge in [0.15, 0.2) is 0 Å².